The van der Waals surface area contributed by atoms with Crippen molar-refractivity contribution in [2.75, 3.05) is 11.9 Å². The number of aromatic nitrogens is 1. The standard InChI is InChI=1S/C16H19BrN2O/c1-3-8-20-16-9-12(2)4-7-15(16)19-11-14-6-5-13(17)10-18-14/h4-7,9-10,19H,3,8,11H2,1-2H3. The Hall–Kier alpha value is -1.55. The zero-order valence-electron chi connectivity index (χ0n) is 11.8. The fourth-order valence-electron chi connectivity index (χ4n) is 1.80. The molecule has 0 bridgehead atoms. The van der Waals surface area contributed by atoms with Crippen molar-refractivity contribution >= 4 is 21.6 Å². The second kappa shape index (κ2) is 7.29. The van der Waals surface area contributed by atoms with Gasteiger partial charge in [-0.25, -0.2) is 0 Å². The van der Waals surface area contributed by atoms with Crippen molar-refractivity contribution < 1.29 is 4.74 Å². The normalized spacial score (nSPS) is 10.3. The molecule has 1 heterocycles. The van der Waals surface area contributed by atoms with Crippen LogP contribution in [0.1, 0.15) is 24.6 Å². The molecule has 0 aliphatic heterocycles. The third kappa shape index (κ3) is 4.23. The lowest BCUT2D eigenvalue weighted by atomic mass is 10.2. The van der Waals surface area contributed by atoms with Crippen molar-refractivity contribution in [1.82, 2.24) is 4.98 Å². The van der Waals surface area contributed by atoms with Crippen LogP contribution in [0.5, 0.6) is 5.75 Å². The van der Waals surface area contributed by atoms with Gasteiger partial charge in [0.05, 0.1) is 24.5 Å². The molecule has 0 fully saturated rings. The van der Waals surface area contributed by atoms with E-state index in [1.165, 1.54) is 5.56 Å². The Morgan fingerprint density at radius 1 is 1.25 bits per heavy atom. The number of anilines is 1. The lowest BCUT2D eigenvalue weighted by Crippen LogP contribution is -2.05. The molecule has 106 valence electrons. The Kier molecular flexibility index (Phi) is 5.41. The van der Waals surface area contributed by atoms with Crippen LogP contribution in [0.15, 0.2) is 41.0 Å². The number of pyridine rings is 1. The number of halogens is 1. The number of aryl methyl sites for hydroxylation is 1. The summed E-state index contributed by atoms with van der Waals surface area (Å²) in [5, 5.41) is 3.38. The molecule has 1 N–H and O–H groups in total. The zero-order chi connectivity index (χ0) is 14.4. The van der Waals surface area contributed by atoms with Crippen molar-refractivity contribution in [3.63, 3.8) is 0 Å². The van der Waals surface area contributed by atoms with Crippen LogP contribution >= 0.6 is 15.9 Å². The first-order valence-electron chi connectivity index (χ1n) is 6.77. The molecule has 0 spiro atoms. The van der Waals surface area contributed by atoms with Gasteiger partial charge in [0.1, 0.15) is 5.75 Å². The van der Waals surface area contributed by atoms with Gasteiger partial charge in [-0.2, -0.15) is 0 Å². The van der Waals surface area contributed by atoms with E-state index < -0.39 is 0 Å². The van der Waals surface area contributed by atoms with Crippen LogP contribution in [0, 0.1) is 6.92 Å². The fraction of sp³-hybridized carbons (Fsp3) is 0.312. The Morgan fingerprint density at radius 2 is 2.10 bits per heavy atom. The largest absolute Gasteiger partial charge is 0.491 e. The van der Waals surface area contributed by atoms with E-state index >= 15 is 0 Å². The van der Waals surface area contributed by atoms with Gasteiger partial charge in [0.25, 0.3) is 0 Å². The second-order valence-corrected chi connectivity index (χ2v) is 5.59. The summed E-state index contributed by atoms with van der Waals surface area (Å²) < 4.78 is 6.77. The van der Waals surface area contributed by atoms with Crippen molar-refractivity contribution in [3.8, 4) is 5.75 Å². The monoisotopic (exact) mass is 334 g/mol. The van der Waals surface area contributed by atoms with Crippen LogP contribution in [-0.4, -0.2) is 11.6 Å². The molecule has 2 rings (SSSR count). The lowest BCUT2D eigenvalue weighted by molar-refractivity contribution is 0.318. The number of ether oxygens (including phenoxy) is 1. The highest BCUT2D eigenvalue weighted by Gasteiger charge is 2.04. The maximum Gasteiger partial charge on any atom is 0.142 e. The number of benzene rings is 1. The molecule has 0 radical (unpaired) electrons. The molecule has 0 saturated carbocycles. The van der Waals surface area contributed by atoms with Crippen molar-refractivity contribution in [2.45, 2.75) is 26.8 Å². The van der Waals surface area contributed by atoms with Gasteiger partial charge in [-0.05, 0) is 59.1 Å². The summed E-state index contributed by atoms with van der Waals surface area (Å²) in [5.74, 6) is 0.906. The minimum atomic E-state index is 0.679. The van der Waals surface area contributed by atoms with Gasteiger partial charge in [0, 0.05) is 10.7 Å². The molecule has 0 amide bonds. The van der Waals surface area contributed by atoms with Gasteiger partial charge >= 0.3 is 0 Å². The molecular weight excluding hydrogens is 316 g/mol. The molecule has 1 aromatic carbocycles. The Bertz CT molecular complexity index is 555. The van der Waals surface area contributed by atoms with Crippen LogP contribution in [0.4, 0.5) is 5.69 Å². The van der Waals surface area contributed by atoms with Crippen molar-refractivity contribution in [2.24, 2.45) is 0 Å². The fourth-order valence-corrected chi connectivity index (χ4v) is 2.04. The second-order valence-electron chi connectivity index (χ2n) is 4.67. The van der Waals surface area contributed by atoms with Crippen LogP contribution in [0.3, 0.4) is 0 Å². The molecule has 0 aliphatic rings. The van der Waals surface area contributed by atoms with E-state index in [-0.39, 0.29) is 0 Å². The molecule has 0 aliphatic carbocycles. The smallest absolute Gasteiger partial charge is 0.142 e. The first kappa shape index (κ1) is 14.9. The summed E-state index contributed by atoms with van der Waals surface area (Å²) in [6.07, 6.45) is 2.81. The van der Waals surface area contributed by atoms with Crippen LogP contribution < -0.4 is 10.1 Å². The minimum absolute atomic E-state index is 0.679. The van der Waals surface area contributed by atoms with Gasteiger partial charge in [-0.15, -0.1) is 0 Å². The highest BCUT2D eigenvalue weighted by atomic mass is 79.9. The summed E-state index contributed by atoms with van der Waals surface area (Å²) in [6, 6.07) is 10.2. The number of rotatable bonds is 6. The topological polar surface area (TPSA) is 34.1 Å². The molecule has 20 heavy (non-hydrogen) atoms. The first-order chi connectivity index (χ1) is 9.69. The van der Waals surface area contributed by atoms with E-state index in [1.807, 2.05) is 12.1 Å². The maximum atomic E-state index is 5.78. The van der Waals surface area contributed by atoms with E-state index in [1.54, 1.807) is 6.20 Å². The number of nitrogens with one attached hydrogen (secondary N) is 1. The average Bonchev–Trinajstić information content (AvgIpc) is 2.46. The Balaban J connectivity index is 2.06. The summed E-state index contributed by atoms with van der Waals surface area (Å²) in [6.45, 7) is 5.58. The molecule has 4 heteroatoms. The number of nitrogens with zero attached hydrogens (tertiary/aromatic N) is 1. The van der Waals surface area contributed by atoms with Crippen LogP contribution in [0.2, 0.25) is 0 Å². The predicted octanol–water partition coefficient (Wildman–Crippen LogP) is 4.55. The highest BCUT2D eigenvalue weighted by Crippen LogP contribution is 2.26. The maximum absolute atomic E-state index is 5.78. The van der Waals surface area contributed by atoms with E-state index in [0.717, 1.165) is 34.6 Å². The average molecular weight is 335 g/mol. The molecule has 3 nitrogen and oxygen atoms in total. The molecule has 0 unspecified atom stereocenters. The van der Waals surface area contributed by atoms with Crippen molar-refractivity contribution in [1.29, 1.82) is 0 Å². The predicted molar refractivity (Wildman–Crippen MR) is 86.2 cm³/mol. The molecule has 0 saturated heterocycles. The zero-order valence-corrected chi connectivity index (χ0v) is 13.4. The van der Waals surface area contributed by atoms with Gasteiger partial charge in [-0.1, -0.05) is 13.0 Å². The summed E-state index contributed by atoms with van der Waals surface area (Å²) >= 11 is 3.39. The van der Waals surface area contributed by atoms with Gasteiger partial charge in [-0.3, -0.25) is 4.98 Å². The van der Waals surface area contributed by atoms with Gasteiger partial charge in [0.2, 0.25) is 0 Å². The molecule has 2 aromatic rings. The number of hydrogen-bond donors (Lipinski definition) is 1. The highest BCUT2D eigenvalue weighted by molar-refractivity contribution is 9.10. The van der Waals surface area contributed by atoms with E-state index in [2.05, 4.69) is 58.3 Å². The van der Waals surface area contributed by atoms with Gasteiger partial charge < -0.3 is 10.1 Å². The van der Waals surface area contributed by atoms with E-state index in [9.17, 15) is 0 Å². The third-order valence-electron chi connectivity index (χ3n) is 2.85. The number of hydrogen-bond acceptors (Lipinski definition) is 3. The van der Waals surface area contributed by atoms with Crippen LogP contribution in [0.25, 0.3) is 0 Å². The van der Waals surface area contributed by atoms with Crippen molar-refractivity contribution in [3.05, 3.63) is 52.3 Å². The SMILES string of the molecule is CCCOc1cc(C)ccc1NCc1ccc(Br)cn1. The summed E-state index contributed by atoms with van der Waals surface area (Å²) in [5.41, 5.74) is 3.20. The van der Waals surface area contributed by atoms with Crippen LogP contribution in [-0.2, 0) is 6.54 Å². The summed E-state index contributed by atoms with van der Waals surface area (Å²) in [4.78, 5) is 4.35. The Labute approximate surface area is 128 Å². The Morgan fingerprint density at radius 3 is 2.80 bits per heavy atom. The van der Waals surface area contributed by atoms with E-state index in [4.69, 9.17) is 4.74 Å². The molecule has 1 aromatic heterocycles. The summed E-state index contributed by atoms with van der Waals surface area (Å²) in [7, 11) is 0. The first-order valence-corrected chi connectivity index (χ1v) is 7.56. The van der Waals surface area contributed by atoms with E-state index in [0.29, 0.717) is 6.54 Å². The molecule has 0 atom stereocenters. The quantitative estimate of drug-likeness (QED) is 0.841. The van der Waals surface area contributed by atoms with Gasteiger partial charge in [0.15, 0.2) is 0 Å². The molecular formula is C16H19BrN2O. The minimum Gasteiger partial charge on any atom is -0.491 e. The lowest BCUT2D eigenvalue weighted by Gasteiger charge is -2.13. The third-order valence-corrected chi connectivity index (χ3v) is 3.32.